The number of aromatic nitrogens is 1. The fourth-order valence-electron chi connectivity index (χ4n) is 3.83. The van der Waals surface area contributed by atoms with Gasteiger partial charge in [0.15, 0.2) is 0 Å². The molecule has 5 heteroatoms. The lowest BCUT2D eigenvalue weighted by Gasteiger charge is -2.39. The molecule has 0 saturated carbocycles. The van der Waals surface area contributed by atoms with Gasteiger partial charge in [0.2, 0.25) is 0 Å². The molecule has 25 heavy (non-hydrogen) atoms. The summed E-state index contributed by atoms with van der Waals surface area (Å²) in [5.74, 6) is -0.729. The van der Waals surface area contributed by atoms with Gasteiger partial charge in [0.25, 0.3) is 0 Å². The number of carboxylic acid groups (broad SMARTS) is 1. The van der Waals surface area contributed by atoms with E-state index in [0.717, 1.165) is 24.9 Å². The molecule has 2 aromatic heterocycles. The summed E-state index contributed by atoms with van der Waals surface area (Å²) in [5.41, 5.74) is 2.24. The number of hydrogen-bond donors (Lipinski definition) is 1. The van der Waals surface area contributed by atoms with E-state index in [-0.39, 0.29) is 6.04 Å². The van der Waals surface area contributed by atoms with Crippen LogP contribution >= 0.6 is 11.3 Å². The lowest BCUT2D eigenvalue weighted by molar-refractivity contribution is -0.145. The highest BCUT2D eigenvalue weighted by molar-refractivity contribution is 7.17. The van der Waals surface area contributed by atoms with Crippen LogP contribution in [0.2, 0.25) is 0 Å². The minimum atomic E-state index is -0.729. The maximum absolute atomic E-state index is 11.9. The van der Waals surface area contributed by atoms with Crippen LogP contribution in [-0.4, -0.2) is 33.5 Å². The van der Waals surface area contributed by atoms with Gasteiger partial charge in [-0.3, -0.25) is 14.7 Å². The van der Waals surface area contributed by atoms with Crippen molar-refractivity contribution >= 4 is 27.4 Å². The van der Waals surface area contributed by atoms with Gasteiger partial charge in [0.1, 0.15) is 6.04 Å². The van der Waals surface area contributed by atoms with Crippen LogP contribution in [0.1, 0.15) is 36.4 Å². The molecular formula is C20H20N2O2S. The van der Waals surface area contributed by atoms with Crippen LogP contribution < -0.4 is 0 Å². The molecule has 3 heterocycles. The fourth-order valence-corrected chi connectivity index (χ4v) is 4.81. The molecule has 0 radical (unpaired) electrons. The molecule has 1 saturated heterocycles. The molecule has 0 amide bonds. The van der Waals surface area contributed by atoms with Crippen LogP contribution in [0.3, 0.4) is 0 Å². The minimum absolute atomic E-state index is 0.0775. The van der Waals surface area contributed by atoms with Crippen molar-refractivity contribution in [2.45, 2.75) is 31.3 Å². The third-order valence-corrected chi connectivity index (χ3v) is 5.95. The molecule has 1 aromatic carbocycles. The van der Waals surface area contributed by atoms with Crippen molar-refractivity contribution in [1.82, 2.24) is 9.88 Å². The summed E-state index contributed by atoms with van der Waals surface area (Å²) in [4.78, 5) is 18.3. The van der Waals surface area contributed by atoms with Crippen molar-refractivity contribution in [3.8, 4) is 0 Å². The highest BCUT2D eigenvalue weighted by Crippen LogP contribution is 2.39. The summed E-state index contributed by atoms with van der Waals surface area (Å²) in [7, 11) is 0. The molecule has 0 aliphatic carbocycles. The maximum atomic E-state index is 11.9. The number of benzene rings is 1. The zero-order chi connectivity index (χ0) is 17.2. The molecule has 4 rings (SSSR count). The Labute approximate surface area is 150 Å². The SMILES string of the molecule is O=C(O)C1CCCCN1C(c1cccnc1)c1csc2ccccc12. The number of thiophene rings is 1. The van der Waals surface area contributed by atoms with Crippen molar-refractivity contribution in [2.24, 2.45) is 0 Å². The number of carbonyl (C=O) groups is 1. The number of rotatable bonds is 4. The molecule has 2 atom stereocenters. The predicted molar refractivity (Wildman–Crippen MR) is 99.9 cm³/mol. The first-order valence-corrected chi connectivity index (χ1v) is 9.48. The Balaban J connectivity index is 1.86. The van der Waals surface area contributed by atoms with Gasteiger partial charge >= 0.3 is 5.97 Å². The average Bonchev–Trinajstić information content (AvgIpc) is 3.07. The summed E-state index contributed by atoms with van der Waals surface area (Å²) in [5, 5.41) is 13.1. The van der Waals surface area contributed by atoms with E-state index in [1.54, 1.807) is 17.5 Å². The van der Waals surface area contributed by atoms with Gasteiger partial charge in [0.05, 0.1) is 6.04 Å². The molecule has 4 nitrogen and oxygen atoms in total. The maximum Gasteiger partial charge on any atom is 0.320 e. The summed E-state index contributed by atoms with van der Waals surface area (Å²) in [6.07, 6.45) is 6.33. The molecular weight excluding hydrogens is 332 g/mol. The smallest absolute Gasteiger partial charge is 0.320 e. The molecule has 0 spiro atoms. The molecule has 2 unspecified atom stereocenters. The Kier molecular flexibility index (Phi) is 4.51. The van der Waals surface area contributed by atoms with Crippen molar-refractivity contribution < 1.29 is 9.90 Å². The van der Waals surface area contributed by atoms with E-state index in [0.29, 0.717) is 6.42 Å². The Morgan fingerprint density at radius 3 is 2.92 bits per heavy atom. The van der Waals surface area contributed by atoms with Crippen LogP contribution in [0.15, 0.2) is 54.2 Å². The van der Waals surface area contributed by atoms with Crippen molar-refractivity contribution in [2.75, 3.05) is 6.54 Å². The van der Waals surface area contributed by atoms with Gasteiger partial charge in [0, 0.05) is 17.1 Å². The zero-order valence-corrected chi connectivity index (χ0v) is 14.7. The zero-order valence-electron chi connectivity index (χ0n) is 13.8. The van der Waals surface area contributed by atoms with E-state index in [9.17, 15) is 9.90 Å². The highest BCUT2D eigenvalue weighted by Gasteiger charge is 2.36. The standard InChI is InChI=1S/C20H20N2O2S/c23-20(24)17-8-3-4-11-22(17)19(14-6-5-10-21-12-14)16-13-25-18-9-2-1-7-15(16)18/h1-2,5-7,9-10,12-13,17,19H,3-4,8,11H2,(H,23,24). The molecule has 1 aliphatic heterocycles. The lowest BCUT2D eigenvalue weighted by Crippen LogP contribution is -2.46. The van der Waals surface area contributed by atoms with Gasteiger partial charge < -0.3 is 5.11 Å². The van der Waals surface area contributed by atoms with Crippen LogP contribution in [-0.2, 0) is 4.79 Å². The Hall–Kier alpha value is -2.24. The van der Waals surface area contributed by atoms with Gasteiger partial charge in [-0.15, -0.1) is 11.3 Å². The first-order valence-electron chi connectivity index (χ1n) is 8.60. The highest BCUT2D eigenvalue weighted by atomic mass is 32.1. The molecule has 0 bridgehead atoms. The summed E-state index contributed by atoms with van der Waals surface area (Å²) in [6.45, 7) is 0.792. The van der Waals surface area contributed by atoms with E-state index >= 15 is 0 Å². The molecule has 1 aliphatic rings. The topological polar surface area (TPSA) is 53.4 Å². The lowest BCUT2D eigenvalue weighted by atomic mass is 9.92. The monoisotopic (exact) mass is 352 g/mol. The van der Waals surface area contributed by atoms with Crippen molar-refractivity contribution in [3.05, 3.63) is 65.3 Å². The van der Waals surface area contributed by atoms with Crippen LogP contribution in [0, 0.1) is 0 Å². The van der Waals surface area contributed by atoms with Crippen molar-refractivity contribution in [1.29, 1.82) is 0 Å². The van der Waals surface area contributed by atoms with Gasteiger partial charge in [-0.2, -0.15) is 0 Å². The van der Waals surface area contributed by atoms with E-state index < -0.39 is 12.0 Å². The molecule has 128 valence electrons. The van der Waals surface area contributed by atoms with Crippen LogP contribution in [0.4, 0.5) is 0 Å². The van der Waals surface area contributed by atoms with E-state index in [4.69, 9.17) is 0 Å². The quantitative estimate of drug-likeness (QED) is 0.759. The second-order valence-electron chi connectivity index (χ2n) is 6.46. The summed E-state index contributed by atoms with van der Waals surface area (Å²) < 4.78 is 1.23. The number of piperidine rings is 1. The first kappa shape index (κ1) is 16.2. The van der Waals surface area contributed by atoms with Gasteiger partial charge in [-0.05, 0) is 53.4 Å². The largest absolute Gasteiger partial charge is 0.480 e. The summed E-state index contributed by atoms with van der Waals surface area (Å²) >= 11 is 1.72. The van der Waals surface area contributed by atoms with Crippen LogP contribution in [0.25, 0.3) is 10.1 Å². The number of hydrogen-bond acceptors (Lipinski definition) is 4. The number of aliphatic carboxylic acids is 1. The fraction of sp³-hybridized carbons (Fsp3) is 0.300. The van der Waals surface area contributed by atoms with E-state index in [1.165, 1.54) is 15.6 Å². The first-order chi connectivity index (χ1) is 12.3. The second-order valence-corrected chi connectivity index (χ2v) is 7.37. The van der Waals surface area contributed by atoms with Gasteiger partial charge in [-0.25, -0.2) is 0 Å². The average molecular weight is 352 g/mol. The second kappa shape index (κ2) is 6.94. The summed E-state index contributed by atoms with van der Waals surface area (Å²) in [6, 6.07) is 11.8. The third-order valence-electron chi connectivity index (χ3n) is 4.97. The number of nitrogens with zero attached hydrogens (tertiary/aromatic N) is 2. The molecule has 1 N–H and O–H groups in total. The Morgan fingerprint density at radius 2 is 2.12 bits per heavy atom. The van der Waals surface area contributed by atoms with Gasteiger partial charge in [-0.1, -0.05) is 30.7 Å². The molecule has 1 fully saturated rings. The van der Waals surface area contributed by atoms with Crippen molar-refractivity contribution in [3.63, 3.8) is 0 Å². The predicted octanol–water partition coefficient (Wildman–Crippen LogP) is 4.32. The Bertz CT molecular complexity index is 878. The number of carboxylic acids is 1. The van der Waals surface area contributed by atoms with E-state index in [2.05, 4.69) is 33.5 Å². The number of fused-ring (bicyclic) bond motifs is 1. The van der Waals surface area contributed by atoms with Crippen LogP contribution in [0.5, 0.6) is 0 Å². The number of pyridine rings is 1. The molecule has 3 aromatic rings. The Morgan fingerprint density at radius 1 is 1.24 bits per heavy atom. The number of likely N-dealkylation sites (tertiary alicyclic amines) is 1. The normalized spacial score (nSPS) is 19.8. The van der Waals surface area contributed by atoms with E-state index in [1.807, 2.05) is 24.4 Å². The third kappa shape index (κ3) is 3.05. The minimum Gasteiger partial charge on any atom is -0.480 e.